The summed E-state index contributed by atoms with van der Waals surface area (Å²) in [5.41, 5.74) is 0.580. The van der Waals surface area contributed by atoms with Crippen LogP contribution in [0.5, 0.6) is 11.5 Å². The van der Waals surface area contributed by atoms with Crippen molar-refractivity contribution in [2.45, 2.75) is 50.5 Å². The number of hydrogen-bond donors (Lipinski definition) is 1. The van der Waals surface area contributed by atoms with Gasteiger partial charge >= 0.3 is 0 Å². The van der Waals surface area contributed by atoms with E-state index in [1.807, 2.05) is 25.2 Å². The van der Waals surface area contributed by atoms with Crippen molar-refractivity contribution < 1.29 is 23.9 Å². The molecule has 1 aromatic carbocycles. The highest BCUT2D eigenvalue weighted by atomic mass is 16.7. The zero-order valence-corrected chi connectivity index (χ0v) is 19.4. The minimum atomic E-state index is -0.460. The van der Waals surface area contributed by atoms with Crippen LogP contribution in [0.4, 0.5) is 0 Å². The molecule has 5 rings (SSSR count). The van der Waals surface area contributed by atoms with Gasteiger partial charge in [0.05, 0.1) is 0 Å². The van der Waals surface area contributed by atoms with Crippen LogP contribution >= 0.6 is 0 Å². The molecule has 3 aliphatic rings. The number of hydrogen-bond acceptors (Lipinski definition) is 6. The number of Topliss-reactive ketones (excluding diaryl/α,β-unsaturated/α-hetero) is 1. The molecule has 9 heteroatoms. The van der Waals surface area contributed by atoms with Crippen LogP contribution < -0.4 is 14.8 Å². The Hall–Kier alpha value is -3.36. The van der Waals surface area contributed by atoms with E-state index < -0.39 is 5.54 Å². The maximum absolute atomic E-state index is 13.2. The first-order valence-corrected chi connectivity index (χ1v) is 11.9. The first-order chi connectivity index (χ1) is 16.4. The van der Waals surface area contributed by atoms with Crippen LogP contribution in [0.1, 0.15) is 54.7 Å². The molecule has 0 unspecified atom stereocenters. The Morgan fingerprint density at radius 2 is 2.12 bits per heavy atom. The van der Waals surface area contributed by atoms with Crippen LogP contribution in [-0.4, -0.2) is 57.5 Å². The quantitative estimate of drug-likeness (QED) is 0.628. The van der Waals surface area contributed by atoms with Crippen molar-refractivity contribution >= 4 is 17.6 Å². The average Bonchev–Trinajstić information content (AvgIpc) is 3.57. The second-order valence-corrected chi connectivity index (χ2v) is 9.60. The largest absolute Gasteiger partial charge is 0.454 e. The van der Waals surface area contributed by atoms with Crippen LogP contribution in [0.25, 0.3) is 0 Å². The Morgan fingerprint density at radius 3 is 2.88 bits per heavy atom. The molecule has 2 saturated heterocycles. The SMILES string of the molecule is Cn1ccnc1C(=O)[C@H]1CCCN(C(=O)CC[C@]2(Cc3ccc4c(c3)OCO4)CCC(=O)N2)C1. The summed E-state index contributed by atoms with van der Waals surface area (Å²) in [5, 5.41) is 3.15. The Morgan fingerprint density at radius 1 is 1.26 bits per heavy atom. The lowest BCUT2D eigenvalue weighted by molar-refractivity contribution is -0.133. The minimum Gasteiger partial charge on any atom is -0.454 e. The molecule has 2 aromatic rings. The number of ketones is 1. The van der Waals surface area contributed by atoms with Gasteiger partial charge in [0, 0.05) is 56.8 Å². The lowest BCUT2D eigenvalue weighted by Crippen LogP contribution is -2.46. The van der Waals surface area contributed by atoms with Crippen molar-refractivity contribution in [2.75, 3.05) is 19.9 Å². The summed E-state index contributed by atoms with van der Waals surface area (Å²) in [6.45, 7) is 1.30. The highest BCUT2D eigenvalue weighted by molar-refractivity contribution is 5.95. The van der Waals surface area contributed by atoms with E-state index in [1.54, 1.807) is 21.9 Å². The van der Waals surface area contributed by atoms with Crippen molar-refractivity contribution in [2.24, 2.45) is 13.0 Å². The van der Waals surface area contributed by atoms with Gasteiger partial charge in [0.1, 0.15) is 0 Å². The fourth-order valence-electron chi connectivity index (χ4n) is 5.33. The summed E-state index contributed by atoms with van der Waals surface area (Å²) in [4.78, 5) is 44.2. The number of rotatable bonds is 7. The zero-order valence-electron chi connectivity index (χ0n) is 19.4. The van der Waals surface area contributed by atoms with Gasteiger partial charge in [-0.05, 0) is 49.8 Å². The van der Waals surface area contributed by atoms with E-state index in [-0.39, 0.29) is 30.3 Å². The summed E-state index contributed by atoms with van der Waals surface area (Å²) in [6.07, 6.45) is 7.60. The van der Waals surface area contributed by atoms with Crippen LogP contribution in [0, 0.1) is 5.92 Å². The van der Waals surface area contributed by atoms with Gasteiger partial charge in [-0.2, -0.15) is 0 Å². The van der Waals surface area contributed by atoms with Gasteiger partial charge in [-0.1, -0.05) is 6.07 Å². The van der Waals surface area contributed by atoms with Gasteiger partial charge in [-0.25, -0.2) is 4.98 Å². The number of likely N-dealkylation sites (tertiary alicyclic amines) is 1. The van der Waals surface area contributed by atoms with Crippen molar-refractivity contribution in [3.8, 4) is 11.5 Å². The smallest absolute Gasteiger partial charge is 0.231 e. The lowest BCUT2D eigenvalue weighted by atomic mass is 9.84. The predicted octanol–water partition coefficient (Wildman–Crippen LogP) is 2.24. The number of benzene rings is 1. The fourth-order valence-corrected chi connectivity index (χ4v) is 5.33. The van der Waals surface area contributed by atoms with Gasteiger partial charge in [0.25, 0.3) is 0 Å². The van der Waals surface area contributed by atoms with E-state index in [0.717, 1.165) is 24.2 Å². The molecule has 2 atom stereocenters. The highest BCUT2D eigenvalue weighted by Crippen LogP contribution is 2.36. The number of carbonyl (C=O) groups is 3. The number of amides is 2. The normalized spacial score (nSPS) is 23.7. The Bertz CT molecular complexity index is 1110. The van der Waals surface area contributed by atoms with Crippen LogP contribution in [0.2, 0.25) is 0 Å². The third kappa shape index (κ3) is 4.51. The number of nitrogens with one attached hydrogen (secondary N) is 1. The summed E-state index contributed by atoms with van der Waals surface area (Å²) >= 11 is 0. The van der Waals surface area contributed by atoms with Gasteiger partial charge < -0.3 is 24.3 Å². The summed E-state index contributed by atoms with van der Waals surface area (Å²) in [6, 6.07) is 5.83. The van der Waals surface area contributed by atoms with Gasteiger partial charge in [0.15, 0.2) is 17.3 Å². The van der Waals surface area contributed by atoms with Crippen molar-refractivity contribution in [1.29, 1.82) is 0 Å². The second kappa shape index (κ2) is 9.12. The van der Waals surface area contributed by atoms with E-state index in [2.05, 4.69) is 10.3 Å². The predicted molar refractivity (Wildman–Crippen MR) is 122 cm³/mol. The van der Waals surface area contributed by atoms with Crippen molar-refractivity contribution in [1.82, 2.24) is 19.8 Å². The summed E-state index contributed by atoms with van der Waals surface area (Å²) in [7, 11) is 1.81. The minimum absolute atomic E-state index is 0.00710. The van der Waals surface area contributed by atoms with Crippen molar-refractivity contribution in [3.63, 3.8) is 0 Å². The Kier molecular flexibility index (Phi) is 6.02. The standard InChI is InChI=1S/C25H30N4O5/c1-28-12-10-26-24(28)23(32)18-3-2-11-29(15-18)22(31)7-9-25(8-6-21(30)27-25)14-17-4-5-19-20(13-17)34-16-33-19/h4-5,10,12-13,18H,2-3,6-9,11,14-16H2,1H3,(H,27,30)/t18-,25-/m0/s1. The fraction of sp³-hybridized carbons (Fsp3) is 0.520. The van der Waals surface area contributed by atoms with Gasteiger partial charge in [-0.3, -0.25) is 14.4 Å². The summed E-state index contributed by atoms with van der Waals surface area (Å²) < 4.78 is 12.6. The third-order valence-electron chi connectivity index (χ3n) is 7.22. The number of nitrogens with zero attached hydrogens (tertiary/aromatic N) is 3. The molecule has 0 spiro atoms. The molecule has 0 saturated carbocycles. The molecule has 1 N–H and O–H groups in total. The van der Waals surface area contributed by atoms with Crippen LogP contribution in [0.15, 0.2) is 30.6 Å². The van der Waals surface area contributed by atoms with Crippen molar-refractivity contribution in [3.05, 3.63) is 42.0 Å². The molecule has 180 valence electrons. The molecule has 0 radical (unpaired) electrons. The molecular formula is C25H30N4O5. The average molecular weight is 467 g/mol. The van der Waals surface area contributed by atoms with E-state index in [4.69, 9.17) is 9.47 Å². The molecule has 34 heavy (non-hydrogen) atoms. The topological polar surface area (TPSA) is 103 Å². The maximum atomic E-state index is 13.2. The molecule has 4 heterocycles. The number of piperidine rings is 1. The zero-order chi connectivity index (χ0) is 23.7. The number of imidazole rings is 1. The Balaban J connectivity index is 1.23. The van der Waals surface area contributed by atoms with E-state index in [0.29, 0.717) is 56.8 Å². The molecule has 1 aromatic heterocycles. The summed E-state index contributed by atoms with van der Waals surface area (Å²) in [5.74, 6) is 1.69. The first-order valence-electron chi connectivity index (χ1n) is 11.9. The molecule has 3 aliphatic heterocycles. The number of aryl methyl sites for hydroxylation is 1. The third-order valence-corrected chi connectivity index (χ3v) is 7.22. The molecule has 0 bridgehead atoms. The number of ether oxygens (including phenoxy) is 2. The first kappa shape index (κ1) is 22.4. The molecular weight excluding hydrogens is 436 g/mol. The highest BCUT2D eigenvalue weighted by Gasteiger charge is 2.39. The lowest BCUT2D eigenvalue weighted by Gasteiger charge is -2.34. The van der Waals surface area contributed by atoms with E-state index in [1.165, 1.54) is 0 Å². The Labute approximate surface area is 198 Å². The van der Waals surface area contributed by atoms with Gasteiger partial charge in [0.2, 0.25) is 24.4 Å². The molecule has 0 aliphatic carbocycles. The van der Waals surface area contributed by atoms with Gasteiger partial charge in [-0.15, -0.1) is 0 Å². The molecule has 2 fully saturated rings. The molecule has 9 nitrogen and oxygen atoms in total. The van der Waals surface area contributed by atoms with Crippen LogP contribution in [-0.2, 0) is 23.1 Å². The van der Waals surface area contributed by atoms with Crippen LogP contribution in [0.3, 0.4) is 0 Å². The van der Waals surface area contributed by atoms with E-state index >= 15 is 0 Å². The number of aromatic nitrogens is 2. The van der Waals surface area contributed by atoms with E-state index in [9.17, 15) is 14.4 Å². The number of carbonyl (C=O) groups excluding carboxylic acids is 3. The monoisotopic (exact) mass is 466 g/mol. The second-order valence-electron chi connectivity index (χ2n) is 9.60. The molecule has 2 amide bonds. The maximum Gasteiger partial charge on any atom is 0.231 e. The number of fused-ring (bicyclic) bond motifs is 1.